The molecule has 1 aromatic heterocycles. The van der Waals surface area contributed by atoms with Gasteiger partial charge in [-0.05, 0) is 18.4 Å². The molecule has 0 aliphatic heterocycles. The lowest BCUT2D eigenvalue weighted by atomic mass is 10.0. The van der Waals surface area contributed by atoms with Gasteiger partial charge in [0.2, 0.25) is 5.89 Å². The van der Waals surface area contributed by atoms with Gasteiger partial charge in [0.1, 0.15) is 0 Å². The van der Waals surface area contributed by atoms with Crippen molar-refractivity contribution in [2.75, 3.05) is 6.54 Å². The quantitative estimate of drug-likeness (QED) is 0.779. The van der Waals surface area contributed by atoms with Gasteiger partial charge in [0, 0.05) is 12.8 Å². The Bertz CT molecular complexity index is 279. The van der Waals surface area contributed by atoms with Crippen LogP contribution in [0.1, 0.15) is 38.9 Å². The molecule has 1 aromatic rings. The Labute approximate surface area is 91.2 Å². The van der Waals surface area contributed by atoms with Crippen LogP contribution < -0.4 is 5.73 Å². The molecule has 1 rings (SSSR count). The van der Waals surface area contributed by atoms with Gasteiger partial charge in [-0.2, -0.15) is 4.98 Å². The lowest BCUT2D eigenvalue weighted by Gasteiger charge is -2.07. The van der Waals surface area contributed by atoms with Crippen LogP contribution in [0.25, 0.3) is 0 Å². The Morgan fingerprint density at radius 2 is 2.07 bits per heavy atom. The Kier molecular flexibility index (Phi) is 4.75. The highest BCUT2D eigenvalue weighted by molar-refractivity contribution is 4.89. The summed E-state index contributed by atoms with van der Waals surface area (Å²) in [6.45, 7) is 7.09. The lowest BCUT2D eigenvalue weighted by molar-refractivity contribution is 0.345. The van der Waals surface area contributed by atoms with E-state index in [1.54, 1.807) is 0 Å². The third-order valence-corrected chi connectivity index (χ3v) is 2.47. The molecule has 0 aliphatic carbocycles. The van der Waals surface area contributed by atoms with Crippen molar-refractivity contribution >= 4 is 0 Å². The van der Waals surface area contributed by atoms with Crippen LogP contribution in [0.15, 0.2) is 4.52 Å². The summed E-state index contributed by atoms with van der Waals surface area (Å²) in [5, 5.41) is 3.95. The molecule has 0 aromatic carbocycles. The number of nitrogens with two attached hydrogens (primary N) is 1. The molecule has 86 valence electrons. The predicted molar refractivity (Wildman–Crippen MR) is 59.4 cm³/mol. The van der Waals surface area contributed by atoms with E-state index in [9.17, 15) is 0 Å². The molecule has 4 heteroatoms. The molecule has 0 bridgehead atoms. The average Bonchev–Trinajstić information content (AvgIpc) is 2.61. The molecule has 0 fully saturated rings. The highest BCUT2D eigenvalue weighted by Crippen LogP contribution is 2.11. The normalized spacial score (nSPS) is 13.4. The van der Waals surface area contributed by atoms with Crippen molar-refractivity contribution in [3.63, 3.8) is 0 Å². The molecular formula is C11H21N3O. The van der Waals surface area contributed by atoms with Gasteiger partial charge in [-0.15, -0.1) is 0 Å². The summed E-state index contributed by atoms with van der Waals surface area (Å²) in [7, 11) is 0. The van der Waals surface area contributed by atoms with E-state index in [2.05, 4.69) is 30.9 Å². The van der Waals surface area contributed by atoms with Gasteiger partial charge in [0.25, 0.3) is 0 Å². The third-order valence-electron chi connectivity index (χ3n) is 2.47. The Balaban J connectivity index is 2.52. The van der Waals surface area contributed by atoms with E-state index in [-0.39, 0.29) is 0 Å². The van der Waals surface area contributed by atoms with Gasteiger partial charge in [0.15, 0.2) is 5.82 Å². The molecule has 0 spiro atoms. The maximum atomic E-state index is 5.63. The van der Waals surface area contributed by atoms with E-state index < -0.39 is 0 Å². The van der Waals surface area contributed by atoms with Crippen LogP contribution in [-0.4, -0.2) is 16.7 Å². The Hall–Kier alpha value is -0.900. The predicted octanol–water partition coefficient (Wildman–Crippen LogP) is 1.80. The monoisotopic (exact) mass is 211 g/mol. The summed E-state index contributed by atoms with van der Waals surface area (Å²) in [6, 6.07) is 0. The summed E-state index contributed by atoms with van der Waals surface area (Å²) in [6.07, 6.45) is 2.74. The van der Waals surface area contributed by atoms with Crippen molar-refractivity contribution in [2.45, 2.75) is 40.0 Å². The summed E-state index contributed by atoms with van der Waals surface area (Å²) >= 11 is 0. The standard InChI is InChI=1S/C11H21N3O/c1-4-9(7-12)6-11-13-10(14-15-11)5-8(2)3/h8-9H,4-7,12H2,1-3H3. The minimum absolute atomic E-state index is 0.456. The zero-order chi connectivity index (χ0) is 11.3. The second-order valence-electron chi connectivity index (χ2n) is 4.42. The second-order valence-corrected chi connectivity index (χ2v) is 4.42. The van der Waals surface area contributed by atoms with Gasteiger partial charge in [-0.1, -0.05) is 32.3 Å². The highest BCUT2D eigenvalue weighted by atomic mass is 16.5. The van der Waals surface area contributed by atoms with Crippen LogP contribution in [0.3, 0.4) is 0 Å². The van der Waals surface area contributed by atoms with Crippen LogP contribution in [0.5, 0.6) is 0 Å². The van der Waals surface area contributed by atoms with Crippen LogP contribution in [-0.2, 0) is 12.8 Å². The lowest BCUT2D eigenvalue weighted by Crippen LogP contribution is -2.16. The molecule has 15 heavy (non-hydrogen) atoms. The highest BCUT2D eigenvalue weighted by Gasteiger charge is 2.12. The fourth-order valence-electron chi connectivity index (χ4n) is 1.46. The molecule has 0 saturated heterocycles. The first-order chi connectivity index (χ1) is 7.15. The fraction of sp³-hybridized carbons (Fsp3) is 0.818. The first-order valence-electron chi connectivity index (χ1n) is 5.67. The van der Waals surface area contributed by atoms with Gasteiger partial charge < -0.3 is 10.3 Å². The molecule has 0 aliphatic rings. The molecule has 1 atom stereocenters. The van der Waals surface area contributed by atoms with E-state index in [0.717, 1.165) is 31.0 Å². The van der Waals surface area contributed by atoms with Gasteiger partial charge in [-0.3, -0.25) is 0 Å². The van der Waals surface area contributed by atoms with E-state index in [4.69, 9.17) is 10.3 Å². The zero-order valence-corrected chi connectivity index (χ0v) is 9.86. The van der Waals surface area contributed by atoms with Crippen LogP contribution in [0, 0.1) is 11.8 Å². The molecule has 0 amide bonds. The average molecular weight is 211 g/mol. The van der Waals surface area contributed by atoms with Gasteiger partial charge >= 0.3 is 0 Å². The van der Waals surface area contributed by atoms with Crippen LogP contribution in [0.4, 0.5) is 0 Å². The third kappa shape index (κ3) is 4.00. The maximum Gasteiger partial charge on any atom is 0.226 e. The van der Waals surface area contributed by atoms with Crippen molar-refractivity contribution in [2.24, 2.45) is 17.6 Å². The molecular weight excluding hydrogens is 190 g/mol. The van der Waals surface area contributed by atoms with Crippen molar-refractivity contribution in [1.29, 1.82) is 0 Å². The zero-order valence-electron chi connectivity index (χ0n) is 9.86. The molecule has 0 radical (unpaired) electrons. The van der Waals surface area contributed by atoms with Crippen molar-refractivity contribution < 1.29 is 4.52 Å². The summed E-state index contributed by atoms with van der Waals surface area (Å²) < 4.78 is 5.18. The molecule has 1 unspecified atom stereocenters. The Morgan fingerprint density at radius 1 is 1.33 bits per heavy atom. The molecule has 0 saturated carbocycles. The summed E-state index contributed by atoms with van der Waals surface area (Å²) in [5.41, 5.74) is 5.63. The smallest absolute Gasteiger partial charge is 0.226 e. The second kappa shape index (κ2) is 5.85. The first-order valence-corrected chi connectivity index (χ1v) is 5.67. The molecule has 1 heterocycles. The van der Waals surface area contributed by atoms with Crippen molar-refractivity contribution in [3.05, 3.63) is 11.7 Å². The number of aromatic nitrogens is 2. The number of hydrogen-bond acceptors (Lipinski definition) is 4. The summed E-state index contributed by atoms with van der Waals surface area (Å²) in [5.74, 6) is 2.55. The number of nitrogens with zero attached hydrogens (tertiary/aromatic N) is 2. The van der Waals surface area contributed by atoms with E-state index >= 15 is 0 Å². The Morgan fingerprint density at radius 3 is 2.60 bits per heavy atom. The fourth-order valence-corrected chi connectivity index (χ4v) is 1.46. The van der Waals surface area contributed by atoms with Crippen molar-refractivity contribution in [3.8, 4) is 0 Å². The largest absolute Gasteiger partial charge is 0.339 e. The van der Waals surface area contributed by atoms with Gasteiger partial charge in [0.05, 0.1) is 0 Å². The van der Waals surface area contributed by atoms with Crippen LogP contribution >= 0.6 is 0 Å². The minimum Gasteiger partial charge on any atom is -0.339 e. The van der Waals surface area contributed by atoms with E-state index in [1.165, 1.54) is 0 Å². The van der Waals surface area contributed by atoms with E-state index in [0.29, 0.717) is 18.4 Å². The maximum absolute atomic E-state index is 5.63. The molecule has 2 N–H and O–H groups in total. The summed E-state index contributed by atoms with van der Waals surface area (Å²) in [4.78, 5) is 4.35. The number of hydrogen-bond donors (Lipinski definition) is 1. The first kappa shape index (κ1) is 12.2. The SMILES string of the molecule is CCC(CN)Cc1nc(CC(C)C)no1. The minimum atomic E-state index is 0.456. The van der Waals surface area contributed by atoms with E-state index in [1.807, 2.05) is 0 Å². The molecule has 4 nitrogen and oxygen atoms in total. The topological polar surface area (TPSA) is 64.9 Å². The van der Waals surface area contributed by atoms with Crippen molar-refractivity contribution in [1.82, 2.24) is 10.1 Å². The van der Waals surface area contributed by atoms with Crippen LogP contribution in [0.2, 0.25) is 0 Å². The van der Waals surface area contributed by atoms with Gasteiger partial charge in [-0.25, -0.2) is 0 Å². The number of rotatable bonds is 6.